The topological polar surface area (TPSA) is 102 Å². The number of aromatic nitrogens is 1. The van der Waals surface area contributed by atoms with E-state index in [0.29, 0.717) is 34.5 Å². The smallest absolute Gasteiger partial charge is 0.278 e. The molecule has 10 heteroatoms. The van der Waals surface area contributed by atoms with Gasteiger partial charge in [-0.25, -0.2) is 5.43 Å². The quantitative estimate of drug-likeness (QED) is 0.576. The van der Waals surface area contributed by atoms with Gasteiger partial charge in [0.05, 0.1) is 12.3 Å². The molecule has 0 atom stereocenters. The molecule has 2 aliphatic rings. The number of hydrogen-bond donors (Lipinski definition) is 1. The van der Waals surface area contributed by atoms with E-state index in [1.807, 2.05) is 42.5 Å². The molecule has 3 heterocycles. The molecule has 0 saturated carbocycles. The number of amides is 2. The average molecular weight is 450 g/mol. The molecule has 0 radical (unpaired) electrons. The number of rotatable bonds is 6. The maximum Gasteiger partial charge on any atom is 0.278 e. The second-order valence-electron chi connectivity index (χ2n) is 7.01. The summed E-state index contributed by atoms with van der Waals surface area (Å²) in [6, 6.07) is 14.8. The fraction of sp³-hybridized carbons (Fsp3) is 0.182. The molecule has 2 aromatic carbocycles. The number of hydrogen-bond acceptors (Lipinski definition) is 8. The Morgan fingerprint density at radius 3 is 3.00 bits per heavy atom. The van der Waals surface area contributed by atoms with Crippen LogP contribution in [0.2, 0.25) is 0 Å². The third-order valence-corrected chi connectivity index (χ3v) is 5.83. The van der Waals surface area contributed by atoms with Crippen molar-refractivity contribution in [2.75, 3.05) is 19.2 Å². The van der Waals surface area contributed by atoms with Crippen LogP contribution in [0, 0.1) is 0 Å². The SMILES string of the molecule is O=C(COc1cccc2cccnc12)N/N=C1\SCC(=O)N1Cc1ccc2c(c1)OCO2. The summed E-state index contributed by atoms with van der Waals surface area (Å²) in [5.41, 5.74) is 4.02. The molecule has 9 nitrogen and oxygen atoms in total. The molecule has 2 amide bonds. The molecule has 1 N–H and O–H groups in total. The van der Waals surface area contributed by atoms with Crippen LogP contribution in [0.25, 0.3) is 10.9 Å². The second kappa shape index (κ2) is 8.75. The van der Waals surface area contributed by atoms with Crippen molar-refractivity contribution in [3.8, 4) is 17.2 Å². The Bertz CT molecular complexity index is 1230. The molecular weight excluding hydrogens is 432 g/mol. The Kier molecular flexibility index (Phi) is 5.51. The van der Waals surface area contributed by atoms with Gasteiger partial charge in [-0.15, -0.1) is 5.10 Å². The van der Waals surface area contributed by atoms with Gasteiger partial charge in [0, 0.05) is 11.6 Å². The van der Waals surface area contributed by atoms with E-state index in [2.05, 4.69) is 15.5 Å². The van der Waals surface area contributed by atoms with Crippen LogP contribution in [0.5, 0.6) is 17.2 Å². The van der Waals surface area contributed by atoms with E-state index >= 15 is 0 Å². The van der Waals surface area contributed by atoms with E-state index in [9.17, 15) is 9.59 Å². The summed E-state index contributed by atoms with van der Waals surface area (Å²) >= 11 is 1.27. The first-order chi connectivity index (χ1) is 15.7. The largest absolute Gasteiger partial charge is 0.481 e. The van der Waals surface area contributed by atoms with E-state index < -0.39 is 5.91 Å². The number of benzene rings is 2. The van der Waals surface area contributed by atoms with Crippen LogP contribution < -0.4 is 19.6 Å². The average Bonchev–Trinajstić information content (AvgIpc) is 3.42. The second-order valence-corrected chi connectivity index (χ2v) is 7.95. The van der Waals surface area contributed by atoms with Crippen LogP contribution in [0.3, 0.4) is 0 Å². The molecule has 1 saturated heterocycles. The monoisotopic (exact) mass is 450 g/mol. The number of amidine groups is 1. The zero-order valence-corrected chi connectivity index (χ0v) is 17.6. The van der Waals surface area contributed by atoms with Crippen molar-refractivity contribution in [3.63, 3.8) is 0 Å². The molecule has 162 valence electrons. The predicted octanol–water partition coefficient (Wildman–Crippen LogP) is 2.51. The van der Waals surface area contributed by atoms with Crippen molar-refractivity contribution < 1.29 is 23.8 Å². The number of thioether (sulfide) groups is 1. The number of fused-ring (bicyclic) bond motifs is 2. The van der Waals surface area contributed by atoms with Gasteiger partial charge in [-0.1, -0.05) is 36.0 Å². The minimum absolute atomic E-state index is 0.0845. The number of para-hydroxylation sites is 1. The Hall–Kier alpha value is -3.79. The number of hydrazone groups is 1. The molecule has 5 rings (SSSR count). The van der Waals surface area contributed by atoms with E-state index in [-0.39, 0.29) is 25.1 Å². The first-order valence-electron chi connectivity index (χ1n) is 9.82. The van der Waals surface area contributed by atoms with Gasteiger partial charge in [0.1, 0.15) is 11.3 Å². The molecule has 1 fully saturated rings. The summed E-state index contributed by atoms with van der Waals surface area (Å²) in [5.74, 6) is 1.58. The van der Waals surface area contributed by atoms with E-state index in [0.717, 1.165) is 10.9 Å². The van der Waals surface area contributed by atoms with Gasteiger partial charge in [-0.2, -0.15) is 0 Å². The molecule has 0 bridgehead atoms. The minimum Gasteiger partial charge on any atom is -0.481 e. The fourth-order valence-electron chi connectivity index (χ4n) is 3.34. The van der Waals surface area contributed by atoms with E-state index in [1.54, 1.807) is 12.3 Å². The number of nitrogens with zero attached hydrogens (tertiary/aromatic N) is 3. The van der Waals surface area contributed by atoms with Gasteiger partial charge < -0.3 is 14.2 Å². The lowest BCUT2D eigenvalue weighted by molar-refractivity contribution is -0.125. The zero-order chi connectivity index (χ0) is 21.9. The molecule has 1 aromatic heterocycles. The lowest BCUT2D eigenvalue weighted by Gasteiger charge is -2.16. The third kappa shape index (κ3) is 4.17. The summed E-state index contributed by atoms with van der Waals surface area (Å²) in [7, 11) is 0. The number of carbonyl (C=O) groups excluding carboxylic acids is 2. The lowest BCUT2D eigenvalue weighted by Crippen LogP contribution is -2.32. The highest BCUT2D eigenvalue weighted by Gasteiger charge is 2.29. The molecule has 3 aromatic rings. The highest BCUT2D eigenvalue weighted by Crippen LogP contribution is 2.33. The minimum atomic E-state index is -0.437. The maximum absolute atomic E-state index is 12.3. The molecule has 2 aliphatic heterocycles. The van der Waals surface area contributed by atoms with Gasteiger partial charge in [-0.3, -0.25) is 19.5 Å². The van der Waals surface area contributed by atoms with Gasteiger partial charge in [-0.05, 0) is 29.8 Å². The highest BCUT2D eigenvalue weighted by atomic mass is 32.2. The molecular formula is C22H18N4O5S. The lowest BCUT2D eigenvalue weighted by atomic mass is 10.2. The van der Waals surface area contributed by atoms with Crippen LogP contribution in [-0.2, 0) is 16.1 Å². The summed E-state index contributed by atoms with van der Waals surface area (Å²) in [6.45, 7) is 0.273. The van der Waals surface area contributed by atoms with Crippen LogP contribution in [-0.4, -0.2) is 46.0 Å². The molecule has 0 aliphatic carbocycles. The van der Waals surface area contributed by atoms with Crippen molar-refractivity contribution in [3.05, 3.63) is 60.3 Å². The molecule has 0 unspecified atom stereocenters. The number of ether oxygens (including phenoxy) is 3. The normalized spacial score (nSPS) is 16.1. The van der Waals surface area contributed by atoms with Crippen molar-refractivity contribution in [1.82, 2.24) is 15.3 Å². The van der Waals surface area contributed by atoms with Crippen molar-refractivity contribution in [1.29, 1.82) is 0 Å². The van der Waals surface area contributed by atoms with E-state index in [1.165, 1.54) is 16.7 Å². The summed E-state index contributed by atoms with van der Waals surface area (Å²) in [4.78, 5) is 30.4. The maximum atomic E-state index is 12.3. The Morgan fingerprint density at radius 1 is 1.19 bits per heavy atom. The third-order valence-electron chi connectivity index (χ3n) is 4.87. The first-order valence-corrected chi connectivity index (χ1v) is 10.8. The summed E-state index contributed by atoms with van der Waals surface area (Å²) < 4.78 is 16.3. The van der Waals surface area contributed by atoms with Gasteiger partial charge in [0.25, 0.3) is 5.91 Å². The Labute approximate surface area is 187 Å². The van der Waals surface area contributed by atoms with Gasteiger partial charge >= 0.3 is 0 Å². The van der Waals surface area contributed by atoms with Crippen LogP contribution in [0.4, 0.5) is 0 Å². The van der Waals surface area contributed by atoms with Crippen LogP contribution in [0.1, 0.15) is 5.56 Å². The van der Waals surface area contributed by atoms with Gasteiger partial charge in [0.15, 0.2) is 23.3 Å². The predicted molar refractivity (Wildman–Crippen MR) is 118 cm³/mol. The standard InChI is InChI=1S/C22H18N4O5S/c27-19(11-29-17-5-1-3-15-4-2-8-23-21(15)17)24-25-22-26(20(28)12-32-22)10-14-6-7-16-18(9-14)31-13-30-16/h1-9H,10-13H2,(H,24,27)/b25-22-. The Balaban J connectivity index is 1.22. The van der Waals surface area contributed by atoms with Gasteiger partial charge in [0.2, 0.25) is 12.7 Å². The molecule has 32 heavy (non-hydrogen) atoms. The van der Waals surface area contributed by atoms with Crippen LogP contribution in [0.15, 0.2) is 59.8 Å². The number of pyridine rings is 1. The number of nitrogens with one attached hydrogen (secondary N) is 1. The van der Waals surface area contributed by atoms with Crippen molar-refractivity contribution in [2.45, 2.75) is 6.54 Å². The van der Waals surface area contributed by atoms with Crippen molar-refractivity contribution >= 4 is 39.6 Å². The number of carbonyl (C=O) groups is 2. The summed E-state index contributed by atoms with van der Waals surface area (Å²) in [6.07, 6.45) is 1.67. The first kappa shape index (κ1) is 20.1. The zero-order valence-electron chi connectivity index (χ0n) is 16.8. The fourth-order valence-corrected chi connectivity index (χ4v) is 4.18. The van der Waals surface area contributed by atoms with Crippen molar-refractivity contribution in [2.24, 2.45) is 5.10 Å². The van der Waals surface area contributed by atoms with E-state index in [4.69, 9.17) is 14.2 Å². The molecule has 0 spiro atoms. The Morgan fingerprint density at radius 2 is 2.06 bits per heavy atom. The summed E-state index contributed by atoms with van der Waals surface area (Å²) in [5, 5.41) is 5.48. The highest BCUT2D eigenvalue weighted by molar-refractivity contribution is 8.15. The van der Waals surface area contributed by atoms with Crippen LogP contribution >= 0.6 is 11.8 Å².